The number of hydrogen-bond acceptors (Lipinski definition) is 4. The SMILES string of the molecule is CCNC(=NCc1ccc(OC)c(OC)c1OC)NCCc1ccc(Cl)cc1.I. The van der Waals surface area contributed by atoms with Gasteiger partial charge in [-0.1, -0.05) is 23.7 Å². The van der Waals surface area contributed by atoms with Gasteiger partial charge in [-0.15, -0.1) is 24.0 Å². The molecule has 0 saturated heterocycles. The molecule has 8 heteroatoms. The number of nitrogens with zero attached hydrogens (tertiary/aromatic N) is 1. The molecule has 2 rings (SSSR count). The standard InChI is InChI=1S/C21H28ClN3O3.HI/c1-5-23-21(24-13-12-15-6-9-17(22)10-7-15)25-14-16-8-11-18(26-2)20(28-4)19(16)27-3;/h6-11H,5,12-14H2,1-4H3,(H2,23,24,25);1H. The predicted molar refractivity (Wildman–Crippen MR) is 129 cm³/mol. The van der Waals surface area contributed by atoms with E-state index in [1.165, 1.54) is 5.56 Å². The molecule has 0 saturated carbocycles. The lowest BCUT2D eigenvalue weighted by Crippen LogP contribution is -2.38. The first kappa shape index (κ1) is 25.2. The van der Waals surface area contributed by atoms with Gasteiger partial charge >= 0.3 is 0 Å². The molecule has 0 spiro atoms. The number of nitrogens with one attached hydrogen (secondary N) is 2. The summed E-state index contributed by atoms with van der Waals surface area (Å²) in [5, 5.41) is 7.36. The maximum atomic E-state index is 5.93. The van der Waals surface area contributed by atoms with Crippen molar-refractivity contribution in [3.05, 3.63) is 52.5 Å². The maximum Gasteiger partial charge on any atom is 0.203 e. The van der Waals surface area contributed by atoms with Gasteiger partial charge in [0.25, 0.3) is 0 Å². The minimum Gasteiger partial charge on any atom is -0.493 e. The van der Waals surface area contributed by atoms with E-state index in [0.29, 0.717) is 23.8 Å². The average molecular weight is 534 g/mol. The van der Waals surface area contributed by atoms with Crippen LogP contribution in [0.2, 0.25) is 5.02 Å². The third-order valence-electron chi connectivity index (χ3n) is 4.16. The molecule has 160 valence electrons. The van der Waals surface area contributed by atoms with E-state index in [1.807, 2.05) is 43.3 Å². The lowest BCUT2D eigenvalue weighted by Gasteiger charge is -2.16. The fourth-order valence-corrected chi connectivity index (χ4v) is 2.90. The van der Waals surface area contributed by atoms with Gasteiger partial charge in [-0.05, 0) is 43.2 Å². The van der Waals surface area contributed by atoms with Gasteiger partial charge in [-0.25, -0.2) is 4.99 Å². The van der Waals surface area contributed by atoms with E-state index < -0.39 is 0 Å². The van der Waals surface area contributed by atoms with Crippen LogP contribution in [-0.2, 0) is 13.0 Å². The van der Waals surface area contributed by atoms with Gasteiger partial charge < -0.3 is 24.8 Å². The van der Waals surface area contributed by atoms with Gasteiger partial charge in [-0.3, -0.25) is 0 Å². The highest BCUT2D eigenvalue weighted by molar-refractivity contribution is 14.0. The van der Waals surface area contributed by atoms with Gasteiger partial charge in [0.2, 0.25) is 5.75 Å². The molecule has 0 bridgehead atoms. The van der Waals surface area contributed by atoms with Crippen LogP contribution in [0.4, 0.5) is 0 Å². The van der Waals surface area contributed by atoms with Crippen molar-refractivity contribution >= 4 is 41.5 Å². The first-order chi connectivity index (χ1) is 13.6. The molecule has 0 radical (unpaired) electrons. The smallest absolute Gasteiger partial charge is 0.203 e. The van der Waals surface area contributed by atoms with Crippen molar-refractivity contribution in [3.8, 4) is 17.2 Å². The maximum absolute atomic E-state index is 5.93. The van der Waals surface area contributed by atoms with Gasteiger partial charge in [0.15, 0.2) is 17.5 Å². The first-order valence-electron chi connectivity index (χ1n) is 9.17. The molecule has 0 atom stereocenters. The molecular weight excluding hydrogens is 505 g/mol. The Kier molecular flexibility index (Phi) is 11.6. The Balaban J connectivity index is 0.00000420. The summed E-state index contributed by atoms with van der Waals surface area (Å²) in [7, 11) is 4.80. The van der Waals surface area contributed by atoms with Gasteiger partial charge in [0, 0.05) is 23.7 Å². The number of halogens is 2. The van der Waals surface area contributed by atoms with Crippen LogP contribution in [0.5, 0.6) is 17.2 Å². The lowest BCUT2D eigenvalue weighted by atomic mass is 10.1. The highest BCUT2D eigenvalue weighted by Crippen LogP contribution is 2.39. The minimum atomic E-state index is 0. The quantitative estimate of drug-likeness (QED) is 0.286. The van der Waals surface area contributed by atoms with Gasteiger partial charge in [0.05, 0.1) is 27.9 Å². The Bertz CT molecular complexity index is 785. The van der Waals surface area contributed by atoms with Crippen molar-refractivity contribution in [3.63, 3.8) is 0 Å². The minimum absolute atomic E-state index is 0. The van der Waals surface area contributed by atoms with E-state index in [2.05, 4.69) is 15.6 Å². The van der Waals surface area contributed by atoms with Crippen molar-refractivity contribution in [2.24, 2.45) is 4.99 Å². The fraction of sp³-hybridized carbons (Fsp3) is 0.381. The van der Waals surface area contributed by atoms with Crippen LogP contribution in [0, 0.1) is 0 Å². The Morgan fingerprint density at radius 1 is 0.931 bits per heavy atom. The molecule has 2 aromatic rings. The number of benzene rings is 2. The summed E-state index contributed by atoms with van der Waals surface area (Å²) in [5.41, 5.74) is 2.13. The molecule has 0 aromatic heterocycles. The van der Waals surface area contributed by atoms with Crippen molar-refractivity contribution in [2.75, 3.05) is 34.4 Å². The summed E-state index contributed by atoms with van der Waals surface area (Å²) < 4.78 is 16.3. The normalized spacial score (nSPS) is 10.7. The molecule has 2 aromatic carbocycles. The van der Waals surface area contributed by atoms with Crippen LogP contribution >= 0.6 is 35.6 Å². The molecule has 6 nitrogen and oxygen atoms in total. The highest BCUT2D eigenvalue weighted by Gasteiger charge is 2.15. The summed E-state index contributed by atoms with van der Waals surface area (Å²) in [6, 6.07) is 11.7. The van der Waals surface area contributed by atoms with E-state index in [-0.39, 0.29) is 24.0 Å². The second kappa shape index (κ2) is 13.4. The van der Waals surface area contributed by atoms with Crippen molar-refractivity contribution in [1.29, 1.82) is 0 Å². The Hall–Kier alpha value is -1.87. The Labute approximate surface area is 195 Å². The molecule has 0 amide bonds. The molecule has 2 N–H and O–H groups in total. The van der Waals surface area contributed by atoms with Crippen LogP contribution in [-0.4, -0.2) is 40.4 Å². The molecule has 0 fully saturated rings. The van der Waals surface area contributed by atoms with Crippen LogP contribution in [0.3, 0.4) is 0 Å². The van der Waals surface area contributed by atoms with Crippen LogP contribution in [0.15, 0.2) is 41.4 Å². The summed E-state index contributed by atoms with van der Waals surface area (Å²) in [6.45, 7) is 4.01. The monoisotopic (exact) mass is 533 g/mol. The summed E-state index contributed by atoms with van der Waals surface area (Å²) in [4.78, 5) is 4.67. The van der Waals surface area contributed by atoms with Gasteiger partial charge in [-0.2, -0.15) is 0 Å². The summed E-state index contributed by atoms with van der Waals surface area (Å²) in [5.74, 6) is 2.56. The largest absolute Gasteiger partial charge is 0.493 e. The van der Waals surface area contributed by atoms with E-state index >= 15 is 0 Å². The van der Waals surface area contributed by atoms with Gasteiger partial charge in [0.1, 0.15) is 0 Å². The predicted octanol–water partition coefficient (Wildman–Crippen LogP) is 4.28. The highest BCUT2D eigenvalue weighted by atomic mass is 127. The van der Waals surface area contributed by atoms with E-state index in [9.17, 15) is 0 Å². The van der Waals surface area contributed by atoms with E-state index in [1.54, 1.807) is 21.3 Å². The second-order valence-corrected chi connectivity index (χ2v) is 6.43. The summed E-state index contributed by atoms with van der Waals surface area (Å²) in [6.07, 6.45) is 0.876. The van der Waals surface area contributed by atoms with E-state index in [4.69, 9.17) is 25.8 Å². The van der Waals surface area contributed by atoms with Crippen LogP contribution < -0.4 is 24.8 Å². The van der Waals surface area contributed by atoms with Crippen LogP contribution in [0.25, 0.3) is 0 Å². The van der Waals surface area contributed by atoms with Crippen LogP contribution in [0.1, 0.15) is 18.1 Å². The second-order valence-electron chi connectivity index (χ2n) is 5.99. The molecule has 0 aliphatic carbocycles. The third-order valence-corrected chi connectivity index (χ3v) is 4.41. The molecule has 29 heavy (non-hydrogen) atoms. The third kappa shape index (κ3) is 7.47. The molecule has 0 aliphatic heterocycles. The van der Waals surface area contributed by atoms with Crippen molar-refractivity contribution in [1.82, 2.24) is 10.6 Å². The zero-order chi connectivity index (χ0) is 20.4. The number of guanidine groups is 1. The topological polar surface area (TPSA) is 64.1 Å². The average Bonchev–Trinajstić information content (AvgIpc) is 2.72. The lowest BCUT2D eigenvalue weighted by molar-refractivity contribution is 0.322. The van der Waals surface area contributed by atoms with Crippen molar-refractivity contribution in [2.45, 2.75) is 19.9 Å². The van der Waals surface area contributed by atoms with E-state index in [0.717, 1.165) is 36.1 Å². The van der Waals surface area contributed by atoms with Crippen molar-refractivity contribution < 1.29 is 14.2 Å². The molecule has 0 unspecified atom stereocenters. The molecule has 0 heterocycles. The molecule has 0 aliphatic rings. The Morgan fingerprint density at radius 3 is 2.21 bits per heavy atom. The number of methoxy groups -OCH3 is 3. The number of rotatable bonds is 9. The fourth-order valence-electron chi connectivity index (χ4n) is 2.77. The number of ether oxygens (including phenoxy) is 3. The summed E-state index contributed by atoms with van der Waals surface area (Å²) >= 11 is 5.93. The first-order valence-corrected chi connectivity index (χ1v) is 9.55. The zero-order valence-corrected chi connectivity index (χ0v) is 20.3. The zero-order valence-electron chi connectivity index (χ0n) is 17.3. The number of aliphatic imine (C=N–C) groups is 1. The Morgan fingerprint density at radius 2 is 1.62 bits per heavy atom. The molecular formula is C21H29ClIN3O3. The number of hydrogen-bond donors (Lipinski definition) is 2.